The number of amides is 1. The first-order valence-electron chi connectivity index (χ1n) is 9.27. The van der Waals surface area contributed by atoms with Crippen LogP contribution in [0.3, 0.4) is 0 Å². The predicted molar refractivity (Wildman–Crippen MR) is 104 cm³/mol. The maximum atomic E-state index is 12.6. The maximum Gasteiger partial charge on any atom is 0.253 e. The van der Waals surface area contributed by atoms with Crippen LogP contribution in [-0.2, 0) is 6.54 Å². The summed E-state index contributed by atoms with van der Waals surface area (Å²) in [6.07, 6.45) is 4.70. The van der Waals surface area contributed by atoms with Gasteiger partial charge in [-0.15, -0.1) is 0 Å². The second kappa shape index (κ2) is 7.37. The van der Waals surface area contributed by atoms with Crippen LogP contribution in [0.5, 0.6) is 0 Å². The molecule has 1 aromatic heterocycles. The van der Waals surface area contributed by atoms with Gasteiger partial charge in [-0.05, 0) is 30.5 Å². The van der Waals surface area contributed by atoms with Gasteiger partial charge in [-0.25, -0.2) is 4.98 Å². The van der Waals surface area contributed by atoms with E-state index in [1.807, 2.05) is 76.3 Å². The molecule has 0 bridgehead atoms. The summed E-state index contributed by atoms with van der Waals surface area (Å²) in [7, 11) is 0. The zero-order valence-electron chi connectivity index (χ0n) is 15.2. The Morgan fingerprint density at radius 3 is 2.30 bits per heavy atom. The Labute approximate surface area is 158 Å². The molecule has 0 unspecified atom stereocenters. The number of hydrogen-bond donors (Lipinski definition) is 1. The van der Waals surface area contributed by atoms with Crippen molar-refractivity contribution in [2.75, 3.05) is 13.1 Å². The molecule has 3 aromatic rings. The number of rotatable bonds is 4. The van der Waals surface area contributed by atoms with Gasteiger partial charge in [0.05, 0.1) is 30.4 Å². The van der Waals surface area contributed by atoms with Crippen molar-refractivity contribution in [2.24, 2.45) is 0 Å². The minimum absolute atomic E-state index is 0.0326. The van der Waals surface area contributed by atoms with Gasteiger partial charge in [0, 0.05) is 18.7 Å². The molecule has 2 heterocycles. The highest BCUT2D eigenvalue weighted by Gasteiger charge is 2.35. The van der Waals surface area contributed by atoms with Gasteiger partial charge in [0.25, 0.3) is 5.91 Å². The summed E-state index contributed by atoms with van der Waals surface area (Å²) in [5.74, 6) is 0.0326. The van der Waals surface area contributed by atoms with Crippen LogP contribution in [0.15, 0.2) is 73.2 Å². The minimum Gasteiger partial charge on any atom is -0.388 e. The number of likely N-dealkylation sites (tertiary alicyclic amines) is 1. The molecule has 5 heteroatoms. The molecule has 0 spiro atoms. The third-order valence-corrected chi connectivity index (χ3v) is 5.25. The van der Waals surface area contributed by atoms with E-state index in [2.05, 4.69) is 4.98 Å². The fourth-order valence-electron chi connectivity index (χ4n) is 3.66. The first-order valence-corrected chi connectivity index (χ1v) is 9.27. The Hall–Kier alpha value is -2.92. The van der Waals surface area contributed by atoms with E-state index in [9.17, 15) is 9.90 Å². The number of carbonyl (C=O) groups is 1. The Morgan fingerprint density at radius 2 is 1.63 bits per heavy atom. The van der Waals surface area contributed by atoms with E-state index in [0.29, 0.717) is 38.0 Å². The molecule has 0 atom stereocenters. The fourth-order valence-corrected chi connectivity index (χ4v) is 3.66. The van der Waals surface area contributed by atoms with Crippen LogP contribution in [0.25, 0.3) is 11.3 Å². The highest BCUT2D eigenvalue weighted by molar-refractivity contribution is 5.94. The summed E-state index contributed by atoms with van der Waals surface area (Å²) >= 11 is 0. The smallest absolute Gasteiger partial charge is 0.253 e. The molecule has 2 aromatic carbocycles. The molecule has 1 fully saturated rings. The van der Waals surface area contributed by atoms with Gasteiger partial charge >= 0.3 is 0 Å². The number of aromatic nitrogens is 2. The van der Waals surface area contributed by atoms with E-state index in [1.54, 1.807) is 6.33 Å². The summed E-state index contributed by atoms with van der Waals surface area (Å²) in [4.78, 5) is 18.7. The molecule has 1 aliphatic heterocycles. The Morgan fingerprint density at radius 1 is 1.00 bits per heavy atom. The van der Waals surface area contributed by atoms with Gasteiger partial charge in [0.1, 0.15) is 0 Å². The van der Waals surface area contributed by atoms with Crippen LogP contribution in [0.2, 0.25) is 0 Å². The lowest BCUT2D eigenvalue weighted by atomic mass is 9.90. The van der Waals surface area contributed by atoms with Crippen molar-refractivity contribution in [1.82, 2.24) is 14.5 Å². The van der Waals surface area contributed by atoms with Crippen LogP contribution in [0.4, 0.5) is 0 Å². The Bertz CT molecular complexity index is 898. The number of carbonyl (C=O) groups excluding carboxylic acids is 1. The SMILES string of the molecule is O=C(c1ccccc1)N1CCC(O)(Cn2cncc2-c2ccccc2)CC1. The number of piperidine rings is 1. The normalized spacial score (nSPS) is 16.3. The molecule has 1 saturated heterocycles. The first-order chi connectivity index (χ1) is 13.1. The molecule has 1 N–H and O–H groups in total. The molecule has 5 nitrogen and oxygen atoms in total. The largest absolute Gasteiger partial charge is 0.388 e. The molecule has 1 amide bonds. The van der Waals surface area contributed by atoms with Gasteiger partial charge in [0.15, 0.2) is 0 Å². The van der Waals surface area contributed by atoms with Crippen molar-refractivity contribution in [3.05, 3.63) is 78.8 Å². The third kappa shape index (κ3) is 3.78. The molecule has 0 aliphatic carbocycles. The molecular weight excluding hydrogens is 338 g/mol. The van der Waals surface area contributed by atoms with Crippen molar-refractivity contribution in [3.63, 3.8) is 0 Å². The Kier molecular flexibility index (Phi) is 4.77. The lowest BCUT2D eigenvalue weighted by Crippen LogP contribution is -2.48. The Balaban J connectivity index is 1.44. The van der Waals surface area contributed by atoms with E-state index in [4.69, 9.17) is 0 Å². The van der Waals surface area contributed by atoms with Gasteiger partial charge < -0.3 is 14.6 Å². The number of imidazole rings is 1. The number of benzene rings is 2. The molecule has 0 radical (unpaired) electrons. The topological polar surface area (TPSA) is 58.4 Å². The van der Waals surface area contributed by atoms with Crippen molar-refractivity contribution in [1.29, 1.82) is 0 Å². The van der Waals surface area contributed by atoms with Gasteiger partial charge in [-0.1, -0.05) is 48.5 Å². The van der Waals surface area contributed by atoms with Crippen LogP contribution in [0.1, 0.15) is 23.2 Å². The molecule has 27 heavy (non-hydrogen) atoms. The summed E-state index contributed by atoms with van der Waals surface area (Å²) < 4.78 is 2.00. The predicted octanol–water partition coefficient (Wildman–Crippen LogP) is 3.22. The van der Waals surface area contributed by atoms with Crippen LogP contribution >= 0.6 is 0 Å². The number of nitrogens with zero attached hydrogens (tertiary/aromatic N) is 3. The van der Waals surface area contributed by atoms with E-state index >= 15 is 0 Å². The van der Waals surface area contributed by atoms with Gasteiger partial charge in [-0.2, -0.15) is 0 Å². The lowest BCUT2D eigenvalue weighted by molar-refractivity contribution is -0.0289. The van der Waals surface area contributed by atoms with E-state index in [1.165, 1.54) is 0 Å². The van der Waals surface area contributed by atoms with E-state index < -0.39 is 5.60 Å². The maximum absolute atomic E-state index is 12.6. The van der Waals surface area contributed by atoms with Crippen LogP contribution < -0.4 is 0 Å². The van der Waals surface area contributed by atoms with E-state index in [-0.39, 0.29) is 5.91 Å². The molecule has 1 aliphatic rings. The van der Waals surface area contributed by atoms with Crippen LogP contribution in [-0.4, -0.2) is 44.2 Å². The van der Waals surface area contributed by atoms with Crippen molar-refractivity contribution in [2.45, 2.75) is 25.0 Å². The van der Waals surface area contributed by atoms with Gasteiger partial charge in [0.2, 0.25) is 0 Å². The first kappa shape index (κ1) is 17.5. The summed E-state index contributed by atoms with van der Waals surface area (Å²) in [6, 6.07) is 19.4. The number of hydrogen-bond acceptors (Lipinski definition) is 3. The zero-order chi connectivity index (χ0) is 18.7. The molecular formula is C22H23N3O2. The lowest BCUT2D eigenvalue weighted by Gasteiger charge is -2.38. The van der Waals surface area contributed by atoms with Crippen molar-refractivity contribution < 1.29 is 9.90 Å². The summed E-state index contributed by atoms with van der Waals surface area (Å²) in [6.45, 7) is 1.59. The quantitative estimate of drug-likeness (QED) is 0.776. The standard InChI is InChI=1S/C22H23N3O2/c26-21(19-9-5-2-6-10-19)24-13-11-22(27,12-14-24)16-25-17-23-15-20(25)18-7-3-1-4-8-18/h1-10,15,17,27H,11-14,16H2. The second-order valence-electron chi connectivity index (χ2n) is 7.16. The summed E-state index contributed by atoms with van der Waals surface area (Å²) in [5, 5.41) is 11.1. The average Bonchev–Trinajstić information content (AvgIpc) is 3.17. The zero-order valence-corrected chi connectivity index (χ0v) is 15.2. The molecule has 4 rings (SSSR count). The van der Waals surface area contributed by atoms with Crippen LogP contribution in [0, 0.1) is 0 Å². The molecule has 0 saturated carbocycles. The monoisotopic (exact) mass is 361 g/mol. The average molecular weight is 361 g/mol. The van der Waals surface area contributed by atoms with Crippen molar-refractivity contribution >= 4 is 5.91 Å². The number of aliphatic hydroxyl groups is 1. The summed E-state index contributed by atoms with van der Waals surface area (Å²) in [5.41, 5.74) is 1.93. The molecule has 138 valence electrons. The van der Waals surface area contributed by atoms with Gasteiger partial charge in [-0.3, -0.25) is 4.79 Å². The van der Waals surface area contributed by atoms with Crippen molar-refractivity contribution in [3.8, 4) is 11.3 Å². The van der Waals surface area contributed by atoms with E-state index in [0.717, 1.165) is 11.3 Å². The highest BCUT2D eigenvalue weighted by Crippen LogP contribution is 2.28. The second-order valence-corrected chi connectivity index (χ2v) is 7.16. The fraction of sp³-hybridized carbons (Fsp3) is 0.273. The highest BCUT2D eigenvalue weighted by atomic mass is 16.3. The third-order valence-electron chi connectivity index (χ3n) is 5.25. The minimum atomic E-state index is -0.836.